The van der Waals surface area contributed by atoms with Gasteiger partial charge < -0.3 is 4.74 Å². The third kappa shape index (κ3) is 4.68. The number of nitrogens with one attached hydrogen (secondary N) is 1. The van der Waals surface area contributed by atoms with E-state index in [1.54, 1.807) is 43.3 Å². The number of amides is 1. The molecule has 1 N–H and O–H groups in total. The van der Waals surface area contributed by atoms with E-state index in [-0.39, 0.29) is 17.0 Å². The minimum atomic E-state index is -2.90. The molecule has 0 saturated heterocycles. The van der Waals surface area contributed by atoms with Crippen LogP contribution in [0.1, 0.15) is 36.3 Å². The summed E-state index contributed by atoms with van der Waals surface area (Å²) in [4.78, 5) is 25.3. The summed E-state index contributed by atoms with van der Waals surface area (Å²) in [5.74, 6) is -0.535. The van der Waals surface area contributed by atoms with Crippen molar-refractivity contribution in [2.24, 2.45) is 5.10 Å². The molecule has 0 fully saturated rings. The van der Waals surface area contributed by atoms with Gasteiger partial charge in [0.05, 0.1) is 11.1 Å². The lowest BCUT2D eigenvalue weighted by Gasteiger charge is -2.10. The number of hydrazone groups is 1. The number of halogens is 2. The van der Waals surface area contributed by atoms with E-state index in [0.29, 0.717) is 35.0 Å². The molecule has 3 aromatic rings. The zero-order chi connectivity index (χ0) is 21.7. The summed E-state index contributed by atoms with van der Waals surface area (Å²) in [7, 11) is 0. The molecule has 0 aliphatic heterocycles. The lowest BCUT2D eigenvalue weighted by atomic mass is 10.1. The van der Waals surface area contributed by atoms with Crippen LogP contribution in [-0.2, 0) is 6.54 Å². The molecule has 156 valence electrons. The van der Waals surface area contributed by atoms with E-state index < -0.39 is 12.5 Å². The fraction of sp³-hybridized carbons (Fsp3) is 0.238. The Morgan fingerprint density at radius 1 is 1.17 bits per heavy atom. The summed E-state index contributed by atoms with van der Waals surface area (Å²) in [5.41, 5.74) is 3.36. The summed E-state index contributed by atoms with van der Waals surface area (Å²) in [6.45, 7) is 1.06. The van der Waals surface area contributed by atoms with Crippen molar-refractivity contribution in [1.29, 1.82) is 0 Å². The van der Waals surface area contributed by atoms with E-state index in [1.807, 2.05) is 6.92 Å². The first kappa shape index (κ1) is 21.1. The van der Waals surface area contributed by atoms with Gasteiger partial charge in [-0.05, 0) is 49.2 Å². The normalized spacial score (nSPS) is 11.7. The largest absolute Gasteiger partial charge is 0.435 e. The molecular weight excluding hydrogens is 394 g/mol. The molecule has 0 bridgehead atoms. The highest BCUT2D eigenvalue weighted by molar-refractivity contribution is 6.06. The van der Waals surface area contributed by atoms with Gasteiger partial charge in [0.15, 0.2) is 5.69 Å². The second-order valence-corrected chi connectivity index (χ2v) is 6.46. The molecule has 0 unspecified atom stereocenters. The Hall–Kier alpha value is -3.62. The van der Waals surface area contributed by atoms with Gasteiger partial charge in [-0.2, -0.15) is 19.0 Å². The zero-order valence-corrected chi connectivity index (χ0v) is 16.4. The number of nitrogens with zero attached hydrogens (tertiary/aromatic N) is 3. The smallest absolute Gasteiger partial charge is 0.387 e. The van der Waals surface area contributed by atoms with Gasteiger partial charge in [0.1, 0.15) is 5.75 Å². The van der Waals surface area contributed by atoms with Crippen molar-refractivity contribution < 1.29 is 18.3 Å². The zero-order valence-electron chi connectivity index (χ0n) is 16.4. The Morgan fingerprint density at radius 2 is 1.83 bits per heavy atom. The summed E-state index contributed by atoms with van der Waals surface area (Å²) >= 11 is 0. The minimum Gasteiger partial charge on any atom is -0.435 e. The third-order valence-corrected chi connectivity index (χ3v) is 4.34. The van der Waals surface area contributed by atoms with Gasteiger partial charge in [0.25, 0.3) is 11.5 Å². The van der Waals surface area contributed by atoms with E-state index in [9.17, 15) is 18.4 Å². The predicted octanol–water partition coefficient (Wildman–Crippen LogP) is 3.56. The molecule has 1 aromatic heterocycles. The third-order valence-electron chi connectivity index (χ3n) is 4.34. The van der Waals surface area contributed by atoms with Crippen LogP contribution in [-0.4, -0.2) is 28.0 Å². The summed E-state index contributed by atoms with van der Waals surface area (Å²) in [6, 6.07) is 12.6. The number of carbonyl (C=O) groups is 1. The van der Waals surface area contributed by atoms with Gasteiger partial charge in [-0.3, -0.25) is 9.59 Å². The van der Waals surface area contributed by atoms with Crippen LogP contribution in [0.15, 0.2) is 58.4 Å². The maximum atomic E-state index is 12.7. The van der Waals surface area contributed by atoms with Gasteiger partial charge in [0, 0.05) is 11.9 Å². The summed E-state index contributed by atoms with van der Waals surface area (Å²) < 4.78 is 30.1. The molecule has 0 saturated carbocycles. The number of carbonyl (C=O) groups excluding carboxylic acids is 1. The fourth-order valence-electron chi connectivity index (χ4n) is 2.90. The van der Waals surface area contributed by atoms with E-state index >= 15 is 0 Å². The minimum absolute atomic E-state index is 0.0273. The molecule has 7 nitrogen and oxygen atoms in total. The van der Waals surface area contributed by atoms with Gasteiger partial charge in [-0.25, -0.2) is 10.1 Å². The van der Waals surface area contributed by atoms with E-state index in [2.05, 4.69) is 20.4 Å². The van der Waals surface area contributed by atoms with Crippen LogP contribution in [0.25, 0.3) is 10.8 Å². The van der Waals surface area contributed by atoms with Crippen molar-refractivity contribution in [2.45, 2.75) is 33.4 Å². The molecule has 0 aliphatic rings. The van der Waals surface area contributed by atoms with Crippen LogP contribution in [0.4, 0.5) is 8.78 Å². The molecule has 2 aromatic carbocycles. The molecular formula is C21H20F2N4O3. The SMILES string of the molecule is CCCn1nc(C(=O)N/N=C(/C)c2ccc(OC(F)F)cc2)c2ccccc2c1=O. The van der Waals surface area contributed by atoms with Crippen LogP contribution >= 0.6 is 0 Å². The van der Waals surface area contributed by atoms with Gasteiger partial charge >= 0.3 is 6.61 Å². The van der Waals surface area contributed by atoms with Gasteiger partial charge in [0.2, 0.25) is 0 Å². The Balaban J connectivity index is 1.86. The molecule has 1 heterocycles. The average molecular weight is 414 g/mol. The highest BCUT2D eigenvalue weighted by atomic mass is 19.3. The molecule has 9 heteroatoms. The predicted molar refractivity (Wildman–Crippen MR) is 109 cm³/mol. The molecule has 3 rings (SSSR count). The number of alkyl halides is 2. The van der Waals surface area contributed by atoms with Gasteiger partial charge in [-0.15, -0.1) is 0 Å². The molecule has 0 aliphatic carbocycles. The standard InChI is InChI=1S/C21H20F2N4O3/c1-3-12-27-20(29)17-7-5-4-6-16(17)18(26-27)19(28)25-24-13(2)14-8-10-15(11-9-14)30-21(22)23/h4-11,21H,3,12H2,1-2H3,(H,25,28)/b24-13-. The number of rotatable bonds is 7. The molecule has 30 heavy (non-hydrogen) atoms. The van der Waals surface area contributed by atoms with E-state index in [0.717, 1.165) is 0 Å². The van der Waals surface area contributed by atoms with Crippen LogP contribution in [0.5, 0.6) is 5.75 Å². The monoisotopic (exact) mass is 414 g/mol. The Bertz CT molecular complexity index is 1140. The number of ether oxygens (including phenoxy) is 1. The summed E-state index contributed by atoms with van der Waals surface area (Å²) in [5, 5.41) is 9.12. The van der Waals surface area contributed by atoms with E-state index in [4.69, 9.17) is 0 Å². The number of aromatic nitrogens is 2. The number of hydrogen-bond donors (Lipinski definition) is 1. The lowest BCUT2D eigenvalue weighted by Crippen LogP contribution is -2.29. The number of fused-ring (bicyclic) bond motifs is 1. The van der Waals surface area contributed by atoms with Crippen molar-refractivity contribution in [2.75, 3.05) is 0 Å². The Kier molecular flexibility index (Phi) is 6.51. The van der Waals surface area contributed by atoms with Crippen LogP contribution in [0.3, 0.4) is 0 Å². The first-order chi connectivity index (χ1) is 14.4. The van der Waals surface area contributed by atoms with E-state index in [1.165, 1.54) is 16.8 Å². The topological polar surface area (TPSA) is 85.6 Å². The van der Waals surface area contributed by atoms with Crippen LogP contribution in [0.2, 0.25) is 0 Å². The average Bonchev–Trinajstić information content (AvgIpc) is 2.74. The first-order valence-electron chi connectivity index (χ1n) is 9.30. The second kappa shape index (κ2) is 9.25. The van der Waals surface area contributed by atoms with Crippen molar-refractivity contribution in [3.05, 3.63) is 70.1 Å². The highest BCUT2D eigenvalue weighted by Gasteiger charge is 2.16. The fourth-order valence-corrected chi connectivity index (χ4v) is 2.90. The Labute approximate surface area is 171 Å². The molecule has 0 atom stereocenters. The lowest BCUT2D eigenvalue weighted by molar-refractivity contribution is -0.0498. The maximum absolute atomic E-state index is 12.7. The quantitative estimate of drug-likeness (QED) is 0.473. The Morgan fingerprint density at radius 3 is 2.47 bits per heavy atom. The molecule has 0 radical (unpaired) electrons. The molecule has 0 spiro atoms. The number of aryl methyl sites for hydroxylation is 1. The highest BCUT2D eigenvalue weighted by Crippen LogP contribution is 2.16. The van der Waals surface area contributed by atoms with Crippen molar-refractivity contribution in [3.63, 3.8) is 0 Å². The second-order valence-electron chi connectivity index (χ2n) is 6.46. The first-order valence-corrected chi connectivity index (χ1v) is 9.30. The number of benzene rings is 2. The molecule has 1 amide bonds. The van der Waals surface area contributed by atoms with Crippen molar-refractivity contribution in [1.82, 2.24) is 15.2 Å². The maximum Gasteiger partial charge on any atom is 0.387 e. The van der Waals surface area contributed by atoms with Crippen molar-refractivity contribution in [3.8, 4) is 5.75 Å². The number of hydrogen-bond acceptors (Lipinski definition) is 5. The van der Waals surface area contributed by atoms with Gasteiger partial charge in [-0.1, -0.05) is 25.1 Å². The van der Waals surface area contributed by atoms with Crippen molar-refractivity contribution >= 4 is 22.4 Å². The summed E-state index contributed by atoms with van der Waals surface area (Å²) in [6.07, 6.45) is 0.689. The van der Waals surface area contributed by atoms with Crippen LogP contribution in [0, 0.1) is 0 Å². The van der Waals surface area contributed by atoms with Crippen LogP contribution < -0.4 is 15.7 Å².